The third kappa shape index (κ3) is 3.61. The lowest BCUT2D eigenvalue weighted by Gasteiger charge is -2.23. The summed E-state index contributed by atoms with van der Waals surface area (Å²) in [6.45, 7) is 4.62. The number of aryl methyl sites for hydroxylation is 2. The van der Waals surface area contributed by atoms with Gasteiger partial charge in [0.25, 0.3) is 5.91 Å². The van der Waals surface area contributed by atoms with E-state index in [0.29, 0.717) is 29.5 Å². The van der Waals surface area contributed by atoms with Gasteiger partial charge < -0.3 is 9.42 Å². The van der Waals surface area contributed by atoms with Gasteiger partial charge in [-0.3, -0.25) is 4.79 Å². The summed E-state index contributed by atoms with van der Waals surface area (Å²) in [5.74, 6) is 0.914. The lowest BCUT2D eigenvalue weighted by atomic mass is 10.1. The van der Waals surface area contributed by atoms with Crippen molar-refractivity contribution >= 4 is 5.91 Å². The van der Waals surface area contributed by atoms with Gasteiger partial charge in [-0.15, -0.1) is 0 Å². The fourth-order valence-corrected chi connectivity index (χ4v) is 4.03. The lowest BCUT2D eigenvalue weighted by Crippen LogP contribution is -2.31. The van der Waals surface area contributed by atoms with Gasteiger partial charge in [0.1, 0.15) is 6.04 Å². The van der Waals surface area contributed by atoms with Crippen LogP contribution in [0.1, 0.15) is 46.3 Å². The summed E-state index contributed by atoms with van der Waals surface area (Å²) in [5, 5.41) is 12.6. The number of amides is 1. The topological polar surface area (TPSA) is 89.9 Å². The highest BCUT2D eigenvalue weighted by Crippen LogP contribution is 2.34. The SMILES string of the molecule is Cc1cccc(-c2noc([C@@H]3CCCN3C(=O)c3cc(C)ccc3-n3nccn3)n2)c1. The van der Waals surface area contributed by atoms with E-state index in [-0.39, 0.29) is 11.9 Å². The molecule has 156 valence electrons. The molecule has 1 fully saturated rings. The fourth-order valence-electron chi connectivity index (χ4n) is 4.03. The summed E-state index contributed by atoms with van der Waals surface area (Å²) in [7, 11) is 0. The fraction of sp³-hybridized carbons (Fsp3) is 0.261. The van der Waals surface area contributed by atoms with E-state index in [9.17, 15) is 4.79 Å². The van der Waals surface area contributed by atoms with Crippen molar-refractivity contribution in [1.82, 2.24) is 30.0 Å². The Kier molecular flexibility index (Phi) is 4.82. The summed E-state index contributed by atoms with van der Waals surface area (Å²) in [6, 6.07) is 13.4. The summed E-state index contributed by atoms with van der Waals surface area (Å²) in [6.07, 6.45) is 4.85. The van der Waals surface area contributed by atoms with Crippen LogP contribution >= 0.6 is 0 Å². The quantitative estimate of drug-likeness (QED) is 0.503. The largest absolute Gasteiger partial charge is 0.337 e. The minimum absolute atomic E-state index is 0.0891. The van der Waals surface area contributed by atoms with Crippen LogP contribution in [0, 0.1) is 13.8 Å². The Labute approximate surface area is 179 Å². The van der Waals surface area contributed by atoms with E-state index in [0.717, 1.165) is 29.5 Å². The second-order valence-corrected chi connectivity index (χ2v) is 7.82. The molecule has 1 amide bonds. The molecular formula is C23H22N6O2. The van der Waals surface area contributed by atoms with Crippen LogP contribution in [-0.2, 0) is 0 Å². The third-order valence-electron chi connectivity index (χ3n) is 5.53. The highest BCUT2D eigenvalue weighted by molar-refractivity contribution is 5.98. The summed E-state index contributed by atoms with van der Waals surface area (Å²) in [5.41, 5.74) is 4.23. The molecule has 2 aromatic carbocycles. The van der Waals surface area contributed by atoms with Crippen molar-refractivity contribution in [1.29, 1.82) is 0 Å². The number of aromatic nitrogens is 5. The standard InChI is InChI=1S/C23H22N6O2/c1-15-5-3-6-17(13-15)21-26-22(31-27-21)20-7-4-12-28(20)23(30)18-14-16(2)8-9-19(18)29-24-10-11-25-29/h3,5-6,8-11,13-14,20H,4,7,12H2,1-2H3/t20-/m0/s1. The molecular weight excluding hydrogens is 392 g/mol. The zero-order valence-corrected chi connectivity index (χ0v) is 17.4. The Balaban J connectivity index is 1.47. The summed E-state index contributed by atoms with van der Waals surface area (Å²) in [4.78, 5) is 21.5. The van der Waals surface area contributed by atoms with Gasteiger partial charge in [-0.25, -0.2) is 0 Å². The van der Waals surface area contributed by atoms with Crippen LogP contribution in [0.5, 0.6) is 0 Å². The van der Waals surface area contributed by atoms with Crippen molar-refractivity contribution in [3.63, 3.8) is 0 Å². The number of carbonyl (C=O) groups is 1. The summed E-state index contributed by atoms with van der Waals surface area (Å²) >= 11 is 0. The molecule has 31 heavy (non-hydrogen) atoms. The number of nitrogens with zero attached hydrogens (tertiary/aromatic N) is 6. The molecule has 0 bridgehead atoms. The Morgan fingerprint density at radius 2 is 1.87 bits per heavy atom. The predicted octanol–water partition coefficient (Wildman–Crippen LogP) is 3.91. The van der Waals surface area contributed by atoms with Crippen LogP contribution in [-0.4, -0.2) is 42.5 Å². The van der Waals surface area contributed by atoms with Crippen molar-refractivity contribution in [2.75, 3.05) is 6.54 Å². The van der Waals surface area contributed by atoms with Crippen LogP contribution in [0.3, 0.4) is 0 Å². The number of carbonyl (C=O) groups excluding carboxylic acids is 1. The van der Waals surface area contributed by atoms with Gasteiger partial charge in [-0.1, -0.05) is 40.5 Å². The predicted molar refractivity (Wildman–Crippen MR) is 114 cm³/mol. The van der Waals surface area contributed by atoms with E-state index >= 15 is 0 Å². The maximum absolute atomic E-state index is 13.6. The molecule has 1 aliphatic rings. The number of likely N-dealkylation sites (tertiary alicyclic amines) is 1. The van der Waals surface area contributed by atoms with E-state index in [2.05, 4.69) is 20.3 Å². The summed E-state index contributed by atoms with van der Waals surface area (Å²) < 4.78 is 5.60. The molecule has 0 aliphatic carbocycles. The van der Waals surface area contributed by atoms with Crippen LogP contribution in [0.4, 0.5) is 0 Å². The van der Waals surface area contributed by atoms with E-state index in [1.807, 2.05) is 61.2 Å². The average Bonchev–Trinajstić information content (AvgIpc) is 3.54. The third-order valence-corrected chi connectivity index (χ3v) is 5.53. The normalized spacial score (nSPS) is 16.1. The molecule has 5 rings (SSSR count). The van der Waals surface area contributed by atoms with Crippen molar-refractivity contribution < 1.29 is 9.32 Å². The van der Waals surface area contributed by atoms with Gasteiger partial charge in [0.15, 0.2) is 0 Å². The first-order chi connectivity index (χ1) is 15.1. The highest BCUT2D eigenvalue weighted by atomic mass is 16.5. The number of hydrogen-bond donors (Lipinski definition) is 0. The molecule has 2 aromatic heterocycles. The average molecular weight is 414 g/mol. The smallest absolute Gasteiger partial charge is 0.256 e. The minimum atomic E-state index is -0.252. The Morgan fingerprint density at radius 3 is 2.68 bits per heavy atom. The minimum Gasteiger partial charge on any atom is -0.337 e. The number of rotatable bonds is 4. The zero-order valence-electron chi connectivity index (χ0n) is 17.4. The van der Waals surface area contributed by atoms with Gasteiger partial charge in [0.05, 0.1) is 23.6 Å². The number of benzene rings is 2. The monoisotopic (exact) mass is 414 g/mol. The van der Waals surface area contributed by atoms with Crippen molar-refractivity contribution in [2.24, 2.45) is 0 Å². The van der Waals surface area contributed by atoms with Gasteiger partial charge in [-0.05, 0) is 44.9 Å². The van der Waals surface area contributed by atoms with E-state index in [1.54, 1.807) is 12.4 Å². The van der Waals surface area contributed by atoms with Crippen molar-refractivity contribution in [2.45, 2.75) is 32.7 Å². The molecule has 0 radical (unpaired) electrons. The van der Waals surface area contributed by atoms with Crippen LogP contribution in [0.15, 0.2) is 59.4 Å². The molecule has 1 saturated heterocycles. The van der Waals surface area contributed by atoms with E-state index < -0.39 is 0 Å². The first kappa shape index (κ1) is 19.2. The van der Waals surface area contributed by atoms with Crippen LogP contribution in [0.2, 0.25) is 0 Å². The van der Waals surface area contributed by atoms with Crippen LogP contribution in [0.25, 0.3) is 17.1 Å². The molecule has 0 unspecified atom stereocenters. The van der Waals surface area contributed by atoms with Crippen molar-refractivity contribution in [3.05, 3.63) is 77.4 Å². The van der Waals surface area contributed by atoms with E-state index in [4.69, 9.17) is 4.52 Å². The second kappa shape index (κ2) is 7.79. The van der Waals surface area contributed by atoms with Gasteiger partial charge in [-0.2, -0.15) is 20.0 Å². The molecule has 8 nitrogen and oxygen atoms in total. The maximum Gasteiger partial charge on any atom is 0.256 e. The lowest BCUT2D eigenvalue weighted by molar-refractivity contribution is 0.0709. The molecule has 0 N–H and O–H groups in total. The Bertz CT molecular complexity index is 1230. The van der Waals surface area contributed by atoms with Gasteiger partial charge in [0.2, 0.25) is 11.7 Å². The Hall–Kier alpha value is -3.81. The molecule has 4 aromatic rings. The second-order valence-electron chi connectivity index (χ2n) is 7.82. The number of hydrogen-bond acceptors (Lipinski definition) is 6. The molecule has 0 saturated carbocycles. The maximum atomic E-state index is 13.6. The Morgan fingerprint density at radius 1 is 1.06 bits per heavy atom. The molecule has 3 heterocycles. The van der Waals surface area contributed by atoms with Crippen LogP contribution < -0.4 is 0 Å². The van der Waals surface area contributed by atoms with Gasteiger partial charge in [0, 0.05) is 12.1 Å². The first-order valence-electron chi connectivity index (χ1n) is 10.3. The molecule has 8 heteroatoms. The first-order valence-corrected chi connectivity index (χ1v) is 10.3. The van der Waals surface area contributed by atoms with E-state index in [1.165, 1.54) is 4.80 Å². The van der Waals surface area contributed by atoms with Crippen molar-refractivity contribution in [3.8, 4) is 17.1 Å². The molecule has 1 aliphatic heterocycles. The van der Waals surface area contributed by atoms with Gasteiger partial charge >= 0.3 is 0 Å². The zero-order chi connectivity index (χ0) is 21.4. The molecule has 0 spiro atoms. The molecule has 1 atom stereocenters. The highest BCUT2D eigenvalue weighted by Gasteiger charge is 2.35.